The first-order valence-corrected chi connectivity index (χ1v) is 15.5. The minimum Gasteiger partial charge on any atom is -0.507 e. The number of aromatic hydroxyl groups is 1. The van der Waals surface area contributed by atoms with E-state index >= 15 is 0 Å². The van der Waals surface area contributed by atoms with Gasteiger partial charge in [-0.25, -0.2) is 4.79 Å². The Hall–Kier alpha value is -2.77. The number of hydrogen-bond donors (Lipinski definition) is 3. The molecule has 8 nitrogen and oxygen atoms in total. The average molecular weight is 574 g/mol. The third-order valence-electron chi connectivity index (χ3n) is 7.63. The highest BCUT2D eigenvalue weighted by Crippen LogP contribution is 2.35. The van der Waals surface area contributed by atoms with Crippen molar-refractivity contribution in [3.05, 3.63) is 29.3 Å². The van der Waals surface area contributed by atoms with Gasteiger partial charge in [0.2, 0.25) is 11.8 Å². The van der Waals surface area contributed by atoms with Crippen LogP contribution in [-0.2, 0) is 14.3 Å². The van der Waals surface area contributed by atoms with Crippen molar-refractivity contribution >= 4 is 17.9 Å². The Kier molecular flexibility index (Phi) is 13.0. The van der Waals surface area contributed by atoms with Crippen LogP contribution in [0.5, 0.6) is 5.75 Å². The SMILES string of the molecule is Cc1cccc(C(C(=O)NC2CCCCC2)N(C(=O)C(CC(C)C)NC(=O)OC(C)(C)C)C(C)CCC(C)C)c1O. The largest absolute Gasteiger partial charge is 0.507 e. The van der Waals surface area contributed by atoms with E-state index in [1.807, 2.05) is 20.8 Å². The quantitative estimate of drug-likeness (QED) is 0.255. The van der Waals surface area contributed by atoms with Gasteiger partial charge in [-0.15, -0.1) is 0 Å². The van der Waals surface area contributed by atoms with Crippen molar-refractivity contribution in [3.8, 4) is 5.75 Å². The van der Waals surface area contributed by atoms with E-state index in [-0.39, 0.29) is 35.6 Å². The third-order valence-corrected chi connectivity index (χ3v) is 7.63. The summed E-state index contributed by atoms with van der Waals surface area (Å²) in [6.07, 6.45) is 6.27. The zero-order valence-corrected chi connectivity index (χ0v) is 26.9. The van der Waals surface area contributed by atoms with Gasteiger partial charge in [-0.2, -0.15) is 0 Å². The Morgan fingerprint density at radius 3 is 2.20 bits per heavy atom. The van der Waals surface area contributed by atoms with Crippen molar-refractivity contribution in [1.29, 1.82) is 0 Å². The smallest absolute Gasteiger partial charge is 0.408 e. The molecule has 1 fully saturated rings. The molecule has 2 rings (SSSR count). The number of carbonyl (C=O) groups is 3. The molecule has 1 aliphatic carbocycles. The van der Waals surface area contributed by atoms with Gasteiger partial charge in [0, 0.05) is 17.6 Å². The minimum absolute atomic E-state index is 0.00525. The lowest BCUT2D eigenvalue weighted by atomic mass is 9.92. The second kappa shape index (κ2) is 15.5. The number of hydrogen-bond acceptors (Lipinski definition) is 5. The predicted molar refractivity (Wildman–Crippen MR) is 164 cm³/mol. The number of aryl methyl sites for hydroxylation is 1. The van der Waals surface area contributed by atoms with Gasteiger partial charge in [0.15, 0.2) is 0 Å². The molecule has 3 atom stereocenters. The molecular weight excluding hydrogens is 518 g/mol. The number of nitrogens with one attached hydrogen (secondary N) is 2. The molecule has 1 aromatic rings. The fourth-order valence-corrected chi connectivity index (χ4v) is 5.48. The maximum atomic E-state index is 14.6. The Bertz CT molecular complexity index is 1010. The van der Waals surface area contributed by atoms with Crippen molar-refractivity contribution in [2.75, 3.05) is 0 Å². The number of carbonyl (C=O) groups excluding carboxylic acids is 3. The second-order valence-electron chi connectivity index (χ2n) is 13.7. The van der Waals surface area contributed by atoms with Gasteiger partial charge < -0.3 is 25.4 Å². The number of amides is 3. The van der Waals surface area contributed by atoms with Gasteiger partial charge >= 0.3 is 6.09 Å². The highest BCUT2D eigenvalue weighted by atomic mass is 16.6. The first kappa shape index (κ1) is 34.4. The van der Waals surface area contributed by atoms with Gasteiger partial charge in [0.1, 0.15) is 23.4 Å². The van der Waals surface area contributed by atoms with E-state index in [4.69, 9.17) is 4.74 Å². The standard InChI is InChI=1S/C33H55N3O5/c1-21(2)18-19-24(6)36(31(39)27(20-22(3)4)35-32(40)41-33(7,8)9)28(26-17-13-14-23(5)29(26)37)30(38)34-25-15-11-10-12-16-25/h13-14,17,21-22,24-25,27-28,37H,10-12,15-16,18-20H2,1-9H3,(H,34,38)(H,35,40). The Morgan fingerprint density at radius 1 is 1.00 bits per heavy atom. The van der Waals surface area contributed by atoms with Gasteiger partial charge in [-0.3, -0.25) is 9.59 Å². The Balaban J connectivity index is 2.61. The van der Waals surface area contributed by atoms with Crippen LogP contribution in [0.25, 0.3) is 0 Å². The van der Waals surface area contributed by atoms with Crippen LogP contribution in [0, 0.1) is 18.8 Å². The first-order valence-electron chi connectivity index (χ1n) is 15.5. The van der Waals surface area contributed by atoms with Crippen LogP contribution in [0.4, 0.5) is 4.79 Å². The summed E-state index contributed by atoms with van der Waals surface area (Å²) in [5.41, 5.74) is 0.296. The van der Waals surface area contributed by atoms with E-state index < -0.39 is 23.8 Å². The first-order chi connectivity index (χ1) is 19.1. The molecule has 0 spiro atoms. The fraction of sp³-hybridized carbons (Fsp3) is 0.727. The summed E-state index contributed by atoms with van der Waals surface area (Å²) in [5, 5.41) is 17.2. The summed E-state index contributed by atoms with van der Waals surface area (Å²) in [6.45, 7) is 17.3. The molecule has 8 heteroatoms. The number of phenols is 1. The maximum Gasteiger partial charge on any atom is 0.408 e. The topological polar surface area (TPSA) is 108 Å². The molecule has 0 bridgehead atoms. The fourth-order valence-electron chi connectivity index (χ4n) is 5.48. The highest BCUT2D eigenvalue weighted by molar-refractivity contribution is 5.93. The van der Waals surface area contributed by atoms with E-state index in [9.17, 15) is 19.5 Å². The molecule has 3 N–H and O–H groups in total. The second-order valence-corrected chi connectivity index (χ2v) is 13.7. The van der Waals surface area contributed by atoms with Crippen LogP contribution in [0.3, 0.4) is 0 Å². The normalized spacial score (nSPS) is 16.7. The highest BCUT2D eigenvalue weighted by Gasteiger charge is 2.40. The van der Waals surface area contributed by atoms with Gasteiger partial charge in [0.05, 0.1) is 0 Å². The monoisotopic (exact) mass is 573 g/mol. The lowest BCUT2D eigenvalue weighted by molar-refractivity contribution is -0.146. The molecule has 3 amide bonds. The lowest BCUT2D eigenvalue weighted by Gasteiger charge is -2.40. The molecule has 1 saturated carbocycles. The van der Waals surface area contributed by atoms with E-state index in [0.29, 0.717) is 29.9 Å². The molecule has 1 aromatic carbocycles. The Morgan fingerprint density at radius 2 is 1.63 bits per heavy atom. The molecule has 0 aromatic heterocycles. The van der Waals surface area contributed by atoms with E-state index in [2.05, 4.69) is 24.5 Å². The van der Waals surface area contributed by atoms with Crippen LogP contribution >= 0.6 is 0 Å². The summed E-state index contributed by atoms with van der Waals surface area (Å²) in [7, 11) is 0. The maximum absolute atomic E-state index is 14.6. The van der Waals surface area contributed by atoms with Crippen molar-refractivity contribution in [2.45, 2.75) is 143 Å². The molecule has 0 aliphatic heterocycles. The summed E-state index contributed by atoms with van der Waals surface area (Å²) in [5.74, 6) is -0.157. The van der Waals surface area contributed by atoms with Crippen LogP contribution < -0.4 is 10.6 Å². The number of alkyl carbamates (subject to hydrolysis) is 1. The molecule has 3 unspecified atom stereocenters. The van der Waals surface area contributed by atoms with E-state index in [1.54, 1.807) is 50.8 Å². The van der Waals surface area contributed by atoms with Gasteiger partial charge in [-0.1, -0.05) is 65.2 Å². The third kappa shape index (κ3) is 10.9. The van der Waals surface area contributed by atoms with Crippen LogP contribution in [0.2, 0.25) is 0 Å². The molecule has 0 radical (unpaired) electrons. The average Bonchev–Trinajstić information content (AvgIpc) is 2.86. The number of para-hydroxylation sites is 1. The molecule has 41 heavy (non-hydrogen) atoms. The number of nitrogens with zero attached hydrogens (tertiary/aromatic N) is 1. The van der Waals surface area contributed by atoms with Crippen molar-refractivity contribution in [1.82, 2.24) is 15.5 Å². The summed E-state index contributed by atoms with van der Waals surface area (Å²) in [4.78, 5) is 43.2. The molecule has 0 saturated heterocycles. The number of rotatable bonds is 12. The van der Waals surface area contributed by atoms with E-state index in [0.717, 1.165) is 38.5 Å². The molecule has 1 aliphatic rings. The molecule has 0 heterocycles. The molecular formula is C33H55N3O5. The van der Waals surface area contributed by atoms with Gasteiger partial charge in [-0.05, 0) is 84.1 Å². The summed E-state index contributed by atoms with van der Waals surface area (Å²) >= 11 is 0. The summed E-state index contributed by atoms with van der Waals surface area (Å²) in [6, 6.07) is 3.06. The zero-order chi connectivity index (χ0) is 30.9. The van der Waals surface area contributed by atoms with Crippen molar-refractivity contribution in [2.24, 2.45) is 11.8 Å². The number of phenolic OH excluding ortho intramolecular Hbond substituents is 1. The summed E-state index contributed by atoms with van der Waals surface area (Å²) < 4.78 is 5.51. The van der Waals surface area contributed by atoms with Crippen LogP contribution in [-0.4, -0.2) is 51.6 Å². The van der Waals surface area contributed by atoms with Crippen molar-refractivity contribution < 1.29 is 24.2 Å². The number of ether oxygens (including phenoxy) is 1. The Labute approximate surface area is 248 Å². The predicted octanol–water partition coefficient (Wildman–Crippen LogP) is 6.78. The zero-order valence-electron chi connectivity index (χ0n) is 26.9. The van der Waals surface area contributed by atoms with Crippen LogP contribution in [0.15, 0.2) is 18.2 Å². The minimum atomic E-state index is -1.05. The number of benzene rings is 1. The van der Waals surface area contributed by atoms with Crippen LogP contribution in [0.1, 0.15) is 124 Å². The van der Waals surface area contributed by atoms with Crippen molar-refractivity contribution in [3.63, 3.8) is 0 Å². The molecule has 232 valence electrons. The lowest BCUT2D eigenvalue weighted by Crippen LogP contribution is -2.56. The van der Waals surface area contributed by atoms with Gasteiger partial charge in [0.25, 0.3) is 0 Å². The van der Waals surface area contributed by atoms with E-state index in [1.165, 1.54) is 0 Å².